The number of aliphatic hydroxyl groups excluding tert-OH is 1. The molecule has 1 aliphatic heterocycles. The predicted octanol–water partition coefficient (Wildman–Crippen LogP) is 1.17. The molecule has 1 saturated heterocycles. The van der Waals surface area contributed by atoms with E-state index in [9.17, 15) is 4.79 Å². The van der Waals surface area contributed by atoms with Gasteiger partial charge in [-0.05, 0) is 33.2 Å². The van der Waals surface area contributed by atoms with Crippen LogP contribution in [0.5, 0.6) is 0 Å². The van der Waals surface area contributed by atoms with Crippen LogP contribution in [0.2, 0.25) is 0 Å². The SMILES string of the molecule is CC.CC1(C)OB(c2ccc(=O)n(CCO)c2)OC1(C)C. The molecule has 0 aromatic carbocycles. The molecule has 1 fully saturated rings. The lowest BCUT2D eigenvalue weighted by atomic mass is 9.80. The zero-order chi connectivity index (χ0) is 16.3. The average molecular weight is 295 g/mol. The van der Waals surface area contributed by atoms with E-state index in [-0.39, 0.29) is 18.7 Å². The Bertz CT molecular complexity index is 509. The van der Waals surface area contributed by atoms with Crippen LogP contribution in [0.3, 0.4) is 0 Å². The maximum atomic E-state index is 11.6. The minimum Gasteiger partial charge on any atom is -0.399 e. The van der Waals surface area contributed by atoms with Crippen LogP contribution in [0, 0.1) is 0 Å². The zero-order valence-electron chi connectivity index (χ0n) is 13.8. The van der Waals surface area contributed by atoms with Crippen molar-refractivity contribution in [2.24, 2.45) is 0 Å². The van der Waals surface area contributed by atoms with Gasteiger partial charge in [0.2, 0.25) is 0 Å². The van der Waals surface area contributed by atoms with Gasteiger partial charge in [-0.25, -0.2) is 0 Å². The highest BCUT2D eigenvalue weighted by Gasteiger charge is 2.51. The summed E-state index contributed by atoms with van der Waals surface area (Å²) in [4.78, 5) is 11.6. The standard InChI is InChI=1S/C13H20BNO4.C2H6/c1-12(2)13(3,4)19-14(18-12)10-5-6-11(17)15(9-10)7-8-16;1-2/h5-6,9,16H,7-8H2,1-4H3;1-2H3. The first-order valence-electron chi connectivity index (χ1n) is 7.44. The molecule has 5 nitrogen and oxygen atoms in total. The van der Waals surface area contributed by atoms with Crippen LogP contribution in [0.25, 0.3) is 0 Å². The van der Waals surface area contributed by atoms with Crippen molar-refractivity contribution in [2.45, 2.75) is 59.3 Å². The highest BCUT2D eigenvalue weighted by molar-refractivity contribution is 6.62. The van der Waals surface area contributed by atoms with Crippen molar-refractivity contribution in [3.63, 3.8) is 0 Å². The second-order valence-corrected chi connectivity index (χ2v) is 5.81. The van der Waals surface area contributed by atoms with Gasteiger partial charge < -0.3 is 19.0 Å². The second-order valence-electron chi connectivity index (χ2n) is 5.81. The summed E-state index contributed by atoms with van der Waals surface area (Å²) < 4.78 is 13.3. The minimum atomic E-state index is -0.490. The summed E-state index contributed by atoms with van der Waals surface area (Å²) in [6, 6.07) is 3.17. The van der Waals surface area contributed by atoms with E-state index in [0.29, 0.717) is 0 Å². The maximum absolute atomic E-state index is 11.6. The summed E-state index contributed by atoms with van der Waals surface area (Å²) in [5, 5.41) is 8.94. The Hall–Kier alpha value is -1.11. The highest BCUT2D eigenvalue weighted by Crippen LogP contribution is 2.36. The molecule has 1 aromatic heterocycles. The van der Waals surface area contributed by atoms with Gasteiger partial charge in [0.05, 0.1) is 17.8 Å². The van der Waals surface area contributed by atoms with E-state index in [2.05, 4.69) is 0 Å². The Morgan fingerprint density at radius 2 is 1.67 bits per heavy atom. The van der Waals surface area contributed by atoms with Gasteiger partial charge in [-0.3, -0.25) is 4.79 Å². The van der Waals surface area contributed by atoms with Crippen LogP contribution in [-0.2, 0) is 15.9 Å². The van der Waals surface area contributed by atoms with E-state index in [1.165, 1.54) is 10.6 Å². The van der Waals surface area contributed by atoms with Crippen molar-refractivity contribution in [1.82, 2.24) is 4.57 Å². The first-order valence-corrected chi connectivity index (χ1v) is 7.44. The van der Waals surface area contributed by atoms with Crippen LogP contribution >= 0.6 is 0 Å². The highest BCUT2D eigenvalue weighted by atomic mass is 16.7. The second kappa shape index (κ2) is 6.77. The molecule has 118 valence electrons. The van der Waals surface area contributed by atoms with Crippen LogP contribution in [0.15, 0.2) is 23.1 Å². The molecule has 0 bridgehead atoms. The third-order valence-electron chi connectivity index (χ3n) is 3.87. The molecule has 0 aliphatic carbocycles. The van der Waals surface area contributed by atoms with Crippen molar-refractivity contribution in [3.8, 4) is 0 Å². The topological polar surface area (TPSA) is 60.7 Å². The van der Waals surface area contributed by atoms with E-state index in [1.54, 1.807) is 12.3 Å². The lowest BCUT2D eigenvalue weighted by molar-refractivity contribution is 0.00578. The fraction of sp³-hybridized carbons (Fsp3) is 0.667. The van der Waals surface area contributed by atoms with E-state index in [1.807, 2.05) is 41.5 Å². The average Bonchev–Trinajstić information content (AvgIpc) is 2.64. The van der Waals surface area contributed by atoms with E-state index in [4.69, 9.17) is 14.4 Å². The summed E-state index contributed by atoms with van der Waals surface area (Å²) >= 11 is 0. The lowest BCUT2D eigenvalue weighted by Crippen LogP contribution is -2.41. The molecule has 1 aromatic rings. The molecule has 0 saturated carbocycles. The fourth-order valence-electron chi connectivity index (χ4n) is 1.95. The maximum Gasteiger partial charge on any atom is 0.496 e. The zero-order valence-corrected chi connectivity index (χ0v) is 13.8. The van der Waals surface area contributed by atoms with Gasteiger partial charge in [0.1, 0.15) is 0 Å². The third kappa shape index (κ3) is 3.76. The molecule has 1 N–H and O–H groups in total. The smallest absolute Gasteiger partial charge is 0.399 e. The normalized spacial score (nSPS) is 19.1. The van der Waals surface area contributed by atoms with E-state index < -0.39 is 18.3 Å². The van der Waals surface area contributed by atoms with Gasteiger partial charge >= 0.3 is 7.12 Å². The number of nitrogens with zero attached hydrogens (tertiary/aromatic N) is 1. The molecule has 2 heterocycles. The van der Waals surface area contributed by atoms with Crippen LogP contribution in [0.4, 0.5) is 0 Å². The molecule has 1 aliphatic rings. The third-order valence-corrected chi connectivity index (χ3v) is 3.87. The molecule has 2 rings (SSSR count). The molecule has 0 spiro atoms. The number of hydrogen-bond acceptors (Lipinski definition) is 4. The van der Waals surface area contributed by atoms with Crippen molar-refractivity contribution in [3.05, 3.63) is 28.7 Å². The van der Waals surface area contributed by atoms with Gasteiger partial charge in [0, 0.05) is 18.8 Å². The summed E-state index contributed by atoms with van der Waals surface area (Å²) in [5.41, 5.74) is -0.174. The molecule has 0 atom stereocenters. The van der Waals surface area contributed by atoms with Crippen LogP contribution in [0.1, 0.15) is 41.5 Å². The Labute approximate surface area is 127 Å². The molecular weight excluding hydrogens is 269 g/mol. The van der Waals surface area contributed by atoms with Gasteiger partial charge in [0.25, 0.3) is 5.56 Å². The van der Waals surface area contributed by atoms with E-state index in [0.717, 1.165) is 5.46 Å². The fourth-order valence-corrected chi connectivity index (χ4v) is 1.95. The van der Waals surface area contributed by atoms with Gasteiger partial charge in [-0.1, -0.05) is 19.9 Å². The van der Waals surface area contributed by atoms with Crippen molar-refractivity contribution >= 4 is 12.6 Å². The minimum absolute atomic E-state index is 0.0767. The number of rotatable bonds is 3. The molecule has 6 heteroatoms. The van der Waals surface area contributed by atoms with Crippen LogP contribution < -0.4 is 11.0 Å². The summed E-state index contributed by atoms with van der Waals surface area (Å²) in [5.74, 6) is 0. The number of aromatic nitrogens is 1. The Morgan fingerprint density at radius 3 is 2.14 bits per heavy atom. The number of aliphatic hydroxyl groups is 1. The molecule has 0 amide bonds. The van der Waals surface area contributed by atoms with Gasteiger partial charge in [0.15, 0.2) is 0 Å². The van der Waals surface area contributed by atoms with Gasteiger partial charge in [-0.2, -0.15) is 0 Å². The molecule has 0 radical (unpaired) electrons. The summed E-state index contributed by atoms with van der Waals surface area (Å²) in [6.07, 6.45) is 1.68. The van der Waals surface area contributed by atoms with Crippen molar-refractivity contribution < 1.29 is 14.4 Å². The Morgan fingerprint density at radius 1 is 1.14 bits per heavy atom. The number of hydrogen-bond donors (Lipinski definition) is 1. The Balaban J connectivity index is 0.00000106. The summed E-state index contributed by atoms with van der Waals surface area (Å²) in [7, 11) is -0.490. The first kappa shape index (κ1) is 17.9. The van der Waals surface area contributed by atoms with Crippen molar-refractivity contribution in [2.75, 3.05) is 6.61 Å². The molecular formula is C15H26BNO4. The summed E-state index contributed by atoms with van der Waals surface area (Å²) in [6.45, 7) is 12.1. The first-order chi connectivity index (χ1) is 9.77. The number of pyridine rings is 1. The molecule has 0 unspecified atom stereocenters. The van der Waals surface area contributed by atoms with Gasteiger partial charge in [-0.15, -0.1) is 0 Å². The van der Waals surface area contributed by atoms with Crippen molar-refractivity contribution in [1.29, 1.82) is 0 Å². The van der Waals surface area contributed by atoms with E-state index >= 15 is 0 Å². The van der Waals surface area contributed by atoms with Crippen LogP contribution in [-0.4, -0.2) is 34.6 Å². The quantitative estimate of drug-likeness (QED) is 0.850. The lowest BCUT2D eigenvalue weighted by Gasteiger charge is -2.32. The Kier molecular flexibility index (Phi) is 5.79. The largest absolute Gasteiger partial charge is 0.496 e. The monoisotopic (exact) mass is 295 g/mol. The molecule has 21 heavy (non-hydrogen) atoms. The predicted molar refractivity (Wildman–Crippen MR) is 84.9 cm³/mol.